The Morgan fingerprint density at radius 1 is 1.04 bits per heavy atom. The molecule has 0 atom stereocenters. The van der Waals surface area contributed by atoms with Gasteiger partial charge in [-0.3, -0.25) is 19.3 Å². The zero-order chi connectivity index (χ0) is 18.0. The highest BCUT2D eigenvalue weighted by Crippen LogP contribution is 2.23. The highest BCUT2D eigenvalue weighted by atomic mass is 16.2. The number of hydrogen-bond acceptors (Lipinski definition) is 4. The lowest BCUT2D eigenvalue weighted by atomic mass is 10.1. The first kappa shape index (κ1) is 16.9. The van der Waals surface area contributed by atoms with Crippen molar-refractivity contribution in [2.24, 2.45) is 0 Å². The Balaban J connectivity index is 1.74. The highest BCUT2D eigenvalue weighted by Gasteiger charge is 2.34. The summed E-state index contributed by atoms with van der Waals surface area (Å²) in [7, 11) is 0. The highest BCUT2D eigenvalue weighted by molar-refractivity contribution is 6.21. The summed E-state index contributed by atoms with van der Waals surface area (Å²) < 4.78 is 0. The monoisotopic (exact) mass is 336 g/mol. The standard InChI is InChI=1S/C20H20N2O3/c1-3-21(16-9-8-15(13-23)14(2)12-16)10-11-22-19(24)17-6-4-5-7-18(17)20(22)25/h4-9,12-13H,3,10-11H2,1-2H3. The molecule has 0 saturated carbocycles. The summed E-state index contributed by atoms with van der Waals surface area (Å²) in [5.41, 5.74) is 3.50. The van der Waals surface area contributed by atoms with E-state index in [4.69, 9.17) is 0 Å². The molecule has 0 radical (unpaired) electrons. The minimum absolute atomic E-state index is 0.232. The van der Waals surface area contributed by atoms with Crippen LogP contribution in [0.5, 0.6) is 0 Å². The number of carbonyl (C=O) groups is 3. The molecule has 0 spiro atoms. The largest absolute Gasteiger partial charge is 0.370 e. The number of rotatable bonds is 6. The number of benzene rings is 2. The fourth-order valence-electron chi connectivity index (χ4n) is 3.12. The second kappa shape index (κ2) is 6.89. The molecule has 5 heteroatoms. The van der Waals surface area contributed by atoms with Crippen LogP contribution in [0.15, 0.2) is 42.5 Å². The van der Waals surface area contributed by atoms with Crippen LogP contribution in [0.1, 0.15) is 43.6 Å². The van der Waals surface area contributed by atoms with Crippen LogP contribution >= 0.6 is 0 Å². The van der Waals surface area contributed by atoms with Crippen molar-refractivity contribution < 1.29 is 14.4 Å². The quantitative estimate of drug-likeness (QED) is 0.601. The molecule has 2 aromatic rings. The lowest BCUT2D eigenvalue weighted by Gasteiger charge is -2.26. The van der Waals surface area contributed by atoms with E-state index in [0.717, 1.165) is 24.1 Å². The Morgan fingerprint density at radius 3 is 2.20 bits per heavy atom. The van der Waals surface area contributed by atoms with Gasteiger partial charge >= 0.3 is 0 Å². The van der Waals surface area contributed by atoms with Gasteiger partial charge in [0.2, 0.25) is 0 Å². The number of nitrogens with zero attached hydrogens (tertiary/aromatic N) is 2. The molecule has 0 aromatic heterocycles. The van der Waals surface area contributed by atoms with Gasteiger partial charge in [-0.05, 0) is 49.7 Å². The minimum Gasteiger partial charge on any atom is -0.370 e. The summed E-state index contributed by atoms with van der Waals surface area (Å²) in [6.45, 7) is 5.52. The molecular weight excluding hydrogens is 316 g/mol. The van der Waals surface area contributed by atoms with Gasteiger partial charge in [-0.25, -0.2) is 0 Å². The third-order valence-corrected chi connectivity index (χ3v) is 4.60. The Labute approximate surface area is 146 Å². The van der Waals surface area contributed by atoms with E-state index < -0.39 is 0 Å². The number of imide groups is 1. The second-order valence-corrected chi connectivity index (χ2v) is 6.05. The van der Waals surface area contributed by atoms with Crippen LogP contribution in [0.3, 0.4) is 0 Å². The molecular formula is C20H20N2O3. The Hall–Kier alpha value is -2.95. The van der Waals surface area contributed by atoms with E-state index in [2.05, 4.69) is 4.90 Å². The predicted octanol–water partition coefficient (Wildman–Crippen LogP) is 2.93. The van der Waals surface area contributed by atoms with Crippen LogP contribution in [0.2, 0.25) is 0 Å². The molecule has 0 bridgehead atoms. The fraction of sp³-hybridized carbons (Fsp3) is 0.250. The van der Waals surface area contributed by atoms with Crippen LogP contribution in [0.25, 0.3) is 0 Å². The molecule has 0 fully saturated rings. The van der Waals surface area contributed by atoms with E-state index in [1.54, 1.807) is 30.3 Å². The average molecular weight is 336 g/mol. The van der Waals surface area contributed by atoms with Crippen molar-refractivity contribution in [3.05, 3.63) is 64.7 Å². The Kier molecular flexibility index (Phi) is 4.65. The van der Waals surface area contributed by atoms with Gasteiger partial charge in [-0.2, -0.15) is 0 Å². The van der Waals surface area contributed by atoms with Crippen molar-refractivity contribution in [2.75, 3.05) is 24.5 Å². The van der Waals surface area contributed by atoms with Crippen molar-refractivity contribution in [1.29, 1.82) is 0 Å². The molecule has 0 N–H and O–H groups in total. The lowest BCUT2D eigenvalue weighted by Crippen LogP contribution is -2.38. The van der Waals surface area contributed by atoms with E-state index in [0.29, 0.717) is 29.8 Å². The summed E-state index contributed by atoms with van der Waals surface area (Å²) in [6.07, 6.45) is 0.841. The maximum Gasteiger partial charge on any atom is 0.261 e. The predicted molar refractivity (Wildman–Crippen MR) is 96.3 cm³/mol. The van der Waals surface area contributed by atoms with Crippen molar-refractivity contribution in [2.45, 2.75) is 13.8 Å². The number of hydrogen-bond donors (Lipinski definition) is 0. The number of aldehydes is 1. The molecule has 0 unspecified atom stereocenters. The molecule has 1 aliphatic heterocycles. The SMILES string of the molecule is CCN(CCN1C(=O)c2ccccc2C1=O)c1ccc(C=O)c(C)c1. The maximum atomic E-state index is 12.4. The van der Waals surface area contributed by atoms with E-state index in [1.807, 2.05) is 26.0 Å². The third-order valence-electron chi connectivity index (χ3n) is 4.60. The van der Waals surface area contributed by atoms with Gasteiger partial charge in [0.05, 0.1) is 11.1 Å². The van der Waals surface area contributed by atoms with Gasteiger partial charge < -0.3 is 4.90 Å². The number of anilines is 1. The first-order valence-corrected chi connectivity index (χ1v) is 8.32. The van der Waals surface area contributed by atoms with Crippen molar-refractivity contribution in [3.63, 3.8) is 0 Å². The molecule has 3 rings (SSSR count). The molecule has 5 nitrogen and oxygen atoms in total. The van der Waals surface area contributed by atoms with Crippen LogP contribution in [-0.2, 0) is 0 Å². The maximum absolute atomic E-state index is 12.4. The van der Waals surface area contributed by atoms with Crippen LogP contribution in [0, 0.1) is 6.92 Å². The molecule has 1 heterocycles. The zero-order valence-electron chi connectivity index (χ0n) is 14.4. The summed E-state index contributed by atoms with van der Waals surface area (Å²) in [5.74, 6) is -0.465. The summed E-state index contributed by atoms with van der Waals surface area (Å²) >= 11 is 0. The summed E-state index contributed by atoms with van der Waals surface area (Å²) in [5, 5.41) is 0. The van der Waals surface area contributed by atoms with Gasteiger partial charge in [0, 0.05) is 30.9 Å². The summed E-state index contributed by atoms with van der Waals surface area (Å²) in [4.78, 5) is 39.2. The first-order chi connectivity index (χ1) is 12.1. The number of carbonyl (C=O) groups excluding carboxylic acids is 3. The normalized spacial score (nSPS) is 13.1. The topological polar surface area (TPSA) is 57.7 Å². The van der Waals surface area contributed by atoms with E-state index >= 15 is 0 Å². The van der Waals surface area contributed by atoms with Gasteiger partial charge in [0.1, 0.15) is 6.29 Å². The second-order valence-electron chi connectivity index (χ2n) is 6.05. The van der Waals surface area contributed by atoms with Crippen molar-refractivity contribution >= 4 is 23.8 Å². The molecule has 2 aromatic carbocycles. The van der Waals surface area contributed by atoms with Gasteiger partial charge in [0.25, 0.3) is 11.8 Å². The number of fused-ring (bicyclic) bond motifs is 1. The Bertz CT molecular complexity index is 810. The zero-order valence-corrected chi connectivity index (χ0v) is 14.4. The average Bonchev–Trinajstić information content (AvgIpc) is 2.87. The fourth-order valence-corrected chi connectivity index (χ4v) is 3.12. The lowest BCUT2D eigenvalue weighted by molar-refractivity contribution is 0.0658. The van der Waals surface area contributed by atoms with Crippen LogP contribution < -0.4 is 4.90 Å². The molecule has 2 amide bonds. The minimum atomic E-state index is -0.232. The van der Waals surface area contributed by atoms with E-state index in [9.17, 15) is 14.4 Å². The number of amides is 2. The molecule has 0 aliphatic carbocycles. The van der Waals surface area contributed by atoms with Crippen molar-refractivity contribution in [1.82, 2.24) is 4.90 Å². The smallest absolute Gasteiger partial charge is 0.261 e. The van der Waals surface area contributed by atoms with Crippen LogP contribution in [0.4, 0.5) is 5.69 Å². The number of aryl methyl sites for hydroxylation is 1. The van der Waals surface area contributed by atoms with Gasteiger partial charge in [0.15, 0.2) is 0 Å². The molecule has 0 saturated heterocycles. The Morgan fingerprint density at radius 2 is 1.68 bits per heavy atom. The van der Waals surface area contributed by atoms with Gasteiger partial charge in [-0.1, -0.05) is 12.1 Å². The third kappa shape index (κ3) is 3.05. The molecule has 25 heavy (non-hydrogen) atoms. The first-order valence-electron chi connectivity index (χ1n) is 8.32. The summed E-state index contributed by atoms with van der Waals surface area (Å²) in [6, 6.07) is 12.6. The van der Waals surface area contributed by atoms with Crippen molar-refractivity contribution in [3.8, 4) is 0 Å². The van der Waals surface area contributed by atoms with Gasteiger partial charge in [-0.15, -0.1) is 0 Å². The van der Waals surface area contributed by atoms with Crippen LogP contribution in [-0.4, -0.2) is 42.6 Å². The van der Waals surface area contributed by atoms with E-state index in [-0.39, 0.29) is 11.8 Å². The number of likely N-dealkylation sites (N-methyl/N-ethyl adjacent to an activating group) is 1. The molecule has 1 aliphatic rings. The molecule has 128 valence electrons. The van der Waals surface area contributed by atoms with E-state index in [1.165, 1.54) is 4.90 Å².